The van der Waals surface area contributed by atoms with Crippen LogP contribution in [0.1, 0.15) is 23.6 Å². The van der Waals surface area contributed by atoms with Crippen molar-refractivity contribution in [1.82, 2.24) is 0 Å². The molecular weight excluding hydrogens is 380 g/mol. The second-order valence-corrected chi connectivity index (χ2v) is 7.93. The lowest BCUT2D eigenvalue weighted by Gasteiger charge is -2.36. The molecule has 156 valence electrons. The molecule has 5 nitrogen and oxygen atoms in total. The number of aliphatic carboxylic acids is 1. The van der Waals surface area contributed by atoms with Gasteiger partial charge in [0.2, 0.25) is 0 Å². The van der Waals surface area contributed by atoms with Gasteiger partial charge in [0, 0.05) is 0 Å². The van der Waals surface area contributed by atoms with Crippen LogP contribution < -0.4 is 0 Å². The molecule has 1 atom stereocenters. The predicted octanol–water partition coefficient (Wildman–Crippen LogP) is 4.54. The van der Waals surface area contributed by atoms with E-state index in [1.807, 2.05) is 13.0 Å². The summed E-state index contributed by atoms with van der Waals surface area (Å²) < 4.78 is 0. The molecule has 0 radical (unpaired) electrons. The number of hydrogen-bond donors (Lipinski definition) is 4. The number of carbonyl (C=O) groups is 1. The van der Waals surface area contributed by atoms with Gasteiger partial charge in [0.25, 0.3) is 0 Å². The van der Waals surface area contributed by atoms with Gasteiger partial charge in [-0.3, -0.25) is 4.79 Å². The smallest absolute Gasteiger partial charge is 0.310 e. The van der Waals surface area contributed by atoms with E-state index in [9.17, 15) is 25.2 Å². The molecule has 0 aliphatic carbocycles. The summed E-state index contributed by atoms with van der Waals surface area (Å²) in [6, 6.07) is 20.1. The van der Waals surface area contributed by atoms with Crippen molar-refractivity contribution in [3.8, 4) is 17.2 Å². The van der Waals surface area contributed by atoms with E-state index in [1.54, 1.807) is 66.7 Å². The van der Waals surface area contributed by atoms with E-state index in [1.165, 1.54) is 0 Å². The van der Waals surface area contributed by atoms with Crippen LogP contribution in [0.4, 0.5) is 0 Å². The van der Waals surface area contributed by atoms with Crippen molar-refractivity contribution in [2.45, 2.75) is 26.2 Å². The second kappa shape index (κ2) is 8.91. The zero-order valence-corrected chi connectivity index (χ0v) is 16.8. The first kappa shape index (κ1) is 21.2. The SMILES string of the molecule is CC(Cc1cccc(O)c1)C(Cc1cccc(O)c1)(Cc1cccc(O)c1)C(=O)O. The van der Waals surface area contributed by atoms with Crippen molar-refractivity contribution < 1.29 is 25.2 Å². The summed E-state index contributed by atoms with van der Waals surface area (Å²) in [5, 5.41) is 40.0. The highest BCUT2D eigenvalue weighted by molar-refractivity contribution is 5.76. The molecule has 30 heavy (non-hydrogen) atoms. The largest absolute Gasteiger partial charge is 0.508 e. The molecule has 0 heterocycles. The molecule has 3 aromatic carbocycles. The van der Waals surface area contributed by atoms with E-state index in [2.05, 4.69) is 0 Å². The van der Waals surface area contributed by atoms with E-state index < -0.39 is 11.4 Å². The van der Waals surface area contributed by atoms with Crippen LogP contribution in [0.2, 0.25) is 0 Å². The molecule has 5 heteroatoms. The summed E-state index contributed by atoms with van der Waals surface area (Å²) in [5.74, 6) is -0.931. The summed E-state index contributed by atoms with van der Waals surface area (Å²) in [6.45, 7) is 1.89. The Balaban J connectivity index is 2.02. The summed E-state index contributed by atoms with van der Waals surface area (Å²) in [4.78, 5) is 12.7. The topological polar surface area (TPSA) is 98.0 Å². The molecule has 0 amide bonds. The summed E-state index contributed by atoms with van der Waals surface area (Å²) in [6.07, 6.45) is 0.886. The fourth-order valence-corrected chi connectivity index (χ4v) is 4.07. The molecule has 0 fully saturated rings. The Labute approximate surface area is 175 Å². The van der Waals surface area contributed by atoms with Gasteiger partial charge in [-0.25, -0.2) is 0 Å². The Hall–Kier alpha value is -3.47. The lowest BCUT2D eigenvalue weighted by atomic mass is 9.66. The maximum absolute atomic E-state index is 12.7. The lowest BCUT2D eigenvalue weighted by Crippen LogP contribution is -2.42. The molecule has 4 N–H and O–H groups in total. The van der Waals surface area contributed by atoms with Gasteiger partial charge in [-0.2, -0.15) is 0 Å². The van der Waals surface area contributed by atoms with Crippen molar-refractivity contribution in [2.24, 2.45) is 11.3 Å². The van der Waals surface area contributed by atoms with Gasteiger partial charge in [-0.15, -0.1) is 0 Å². The van der Waals surface area contributed by atoms with Crippen molar-refractivity contribution in [2.75, 3.05) is 0 Å². The molecule has 0 aliphatic rings. The molecule has 1 unspecified atom stereocenters. The Morgan fingerprint density at radius 2 is 1.17 bits per heavy atom. The number of phenolic OH excluding ortho intramolecular Hbond substituents is 3. The highest BCUT2D eigenvalue weighted by atomic mass is 16.4. The minimum atomic E-state index is -1.19. The standard InChI is InChI=1S/C25H26O5/c1-17(11-18-5-2-8-21(26)12-18)25(24(29)30,15-19-6-3-9-22(27)13-19)16-20-7-4-10-23(28)14-20/h2-10,12-14,17,26-28H,11,15-16H2,1H3,(H,29,30). The summed E-state index contributed by atoms with van der Waals surface area (Å²) >= 11 is 0. The summed E-state index contributed by atoms with van der Waals surface area (Å²) in [5.41, 5.74) is 1.10. The molecule has 0 aliphatic heterocycles. The van der Waals surface area contributed by atoms with Crippen LogP contribution in [-0.2, 0) is 24.1 Å². The average molecular weight is 406 g/mol. The van der Waals surface area contributed by atoms with E-state index in [0.29, 0.717) is 6.42 Å². The third-order valence-corrected chi connectivity index (χ3v) is 5.68. The molecule has 0 saturated heterocycles. The van der Waals surface area contributed by atoms with Crippen LogP contribution in [0.25, 0.3) is 0 Å². The van der Waals surface area contributed by atoms with Gasteiger partial charge in [0.05, 0.1) is 5.41 Å². The molecule has 0 spiro atoms. The van der Waals surface area contributed by atoms with E-state index in [-0.39, 0.29) is 36.0 Å². The number of benzene rings is 3. The average Bonchev–Trinajstić information content (AvgIpc) is 2.67. The van der Waals surface area contributed by atoms with Crippen LogP contribution in [0.3, 0.4) is 0 Å². The molecule has 0 bridgehead atoms. The lowest BCUT2D eigenvalue weighted by molar-refractivity contribution is -0.152. The monoisotopic (exact) mass is 406 g/mol. The van der Waals surface area contributed by atoms with Gasteiger partial charge < -0.3 is 20.4 Å². The normalized spacial score (nSPS) is 12.4. The Morgan fingerprint density at radius 1 is 0.767 bits per heavy atom. The molecule has 0 aromatic heterocycles. The number of carboxylic acid groups (broad SMARTS) is 1. The van der Waals surface area contributed by atoms with Crippen LogP contribution in [0.5, 0.6) is 17.2 Å². The first-order chi connectivity index (χ1) is 14.3. The van der Waals surface area contributed by atoms with Crippen molar-refractivity contribution in [3.63, 3.8) is 0 Å². The van der Waals surface area contributed by atoms with Crippen molar-refractivity contribution in [3.05, 3.63) is 89.5 Å². The zero-order chi connectivity index (χ0) is 21.7. The first-order valence-corrected chi connectivity index (χ1v) is 9.85. The molecule has 0 saturated carbocycles. The van der Waals surface area contributed by atoms with Gasteiger partial charge >= 0.3 is 5.97 Å². The summed E-state index contributed by atoms with van der Waals surface area (Å²) in [7, 11) is 0. The van der Waals surface area contributed by atoms with Gasteiger partial charge in [0.15, 0.2) is 0 Å². The fraction of sp³-hybridized carbons (Fsp3) is 0.240. The molecule has 3 aromatic rings. The van der Waals surface area contributed by atoms with Gasteiger partial charge in [-0.1, -0.05) is 43.3 Å². The molecule has 3 rings (SSSR count). The fourth-order valence-electron chi connectivity index (χ4n) is 4.07. The number of hydrogen-bond acceptors (Lipinski definition) is 4. The van der Waals surface area contributed by atoms with E-state index in [0.717, 1.165) is 16.7 Å². The van der Waals surface area contributed by atoms with E-state index >= 15 is 0 Å². The third-order valence-electron chi connectivity index (χ3n) is 5.68. The highest BCUT2D eigenvalue weighted by Crippen LogP contribution is 2.39. The Kier molecular flexibility index (Phi) is 6.31. The number of rotatable bonds is 8. The predicted molar refractivity (Wildman–Crippen MR) is 115 cm³/mol. The first-order valence-electron chi connectivity index (χ1n) is 9.85. The Bertz CT molecular complexity index is 980. The van der Waals surface area contributed by atoms with Gasteiger partial charge in [0.1, 0.15) is 17.2 Å². The van der Waals surface area contributed by atoms with Crippen molar-refractivity contribution >= 4 is 5.97 Å². The minimum absolute atomic E-state index is 0.0878. The van der Waals surface area contributed by atoms with Crippen LogP contribution in [-0.4, -0.2) is 26.4 Å². The van der Waals surface area contributed by atoms with Crippen LogP contribution in [0, 0.1) is 11.3 Å². The molecular formula is C25H26O5. The van der Waals surface area contributed by atoms with E-state index in [4.69, 9.17) is 0 Å². The highest BCUT2D eigenvalue weighted by Gasteiger charge is 2.44. The number of aromatic hydroxyl groups is 3. The van der Waals surface area contributed by atoms with Crippen LogP contribution >= 0.6 is 0 Å². The zero-order valence-electron chi connectivity index (χ0n) is 16.8. The maximum atomic E-state index is 12.7. The number of phenols is 3. The Morgan fingerprint density at radius 3 is 1.57 bits per heavy atom. The van der Waals surface area contributed by atoms with Gasteiger partial charge in [-0.05, 0) is 78.3 Å². The third kappa shape index (κ3) is 4.92. The maximum Gasteiger partial charge on any atom is 0.310 e. The van der Waals surface area contributed by atoms with Crippen LogP contribution in [0.15, 0.2) is 72.8 Å². The minimum Gasteiger partial charge on any atom is -0.508 e. The quantitative estimate of drug-likeness (QED) is 0.440. The van der Waals surface area contributed by atoms with Crippen molar-refractivity contribution in [1.29, 1.82) is 0 Å². The number of carboxylic acids is 1. The second-order valence-electron chi connectivity index (χ2n) is 7.93.